The van der Waals surface area contributed by atoms with E-state index < -0.39 is 11.0 Å². The van der Waals surface area contributed by atoms with Gasteiger partial charge in [-0.3, -0.25) is 0 Å². The van der Waals surface area contributed by atoms with Crippen molar-refractivity contribution in [1.29, 1.82) is 0 Å². The number of rotatable bonds is 9. The van der Waals surface area contributed by atoms with E-state index in [0.29, 0.717) is 6.04 Å². The Morgan fingerprint density at radius 2 is 1.42 bits per heavy atom. The van der Waals surface area contributed by atoms with E-state index in [-0.39, 0.29) is 5.82 Å². The number of halogens is 1. The van der Waals surface area contributed by atoms with Gasteiger partial charge in [-0.05, 0) is 99.7 Å². The average Bonchev–Trinajstić information content (AvgIpc) is 3.44. The summed E-state index contributed by atoms with van der Waals surface area (Å²) in [6, 6.07) is 29.2. The first kappa shape index (κ1) is 28.7. The van der Waals surface area contributed by atoms with Crippen LogP contribution in [0.4, 0.5) is 4.39 Å². The van der Waals surface area contributed by atoms with E-state index in [1.54, 1.807) is 12.1 Å². The molecular formula is C33H43FN2OS. The van der Waals surface area contributed by atoms with Gasteiger partial charge in [-0.25, -0.2) is 12.9 Å². The van der Waals surface area contributed by atoms with Crippen LogP contribution in [0.15, 0.2) is 95.9 Å². The molecule has 3 unspecified atom stereocenters. The second-order valence-corrected chi connectivity index (χ2v) is 12.4. The van der Waals surface area contributed by atoms with E-state index in [1.165, 1.54) is 57.3 Å². The fraction of sp³-hybridized carbons (Fsp3) is 0.455. The Bertz CT molecular complexity index is 1040. The van der Waals surface area contributed by atoms with Crippen molar-refractivity contribution in [2.75, 3.05) is 26.7 Å². The van der Waals surface area contributed by atoms with Crippen LogP contribution in [0.1, 0.15) is 50.5 Å². The van der Waals surface area contributed by atoms with Gasteiger partial charge in [-0.1, -0.05) is 73.2 Å². The van der Waals surface area contributed by atoms with Crippen molar-refractivity contribution < 1.29 is 8.60 Å². The molecule has 3 aromatic carbocycles. The maximum absolute atomic E-state index is 13.0. The SMILES string of the molecule is CN(C1CCC(CN2CCC(CCCc3ccc(F)cc3)CC2)C1)S(=O)c1ccccc1.c1ccccc1. The van der Waals surface area contributed by atoms with Crippen molar-refractivity contribution in [2.24, 2.45) is 11.8 Å². The Labute approximate surface area is 231 Å². The molecule has 0 radical (unpaired) electrons. The lowest BCUT2D eigenvalue weighted by molar-refractivity contribution is 0.154. The van der Waals surface area contributed by atoms with Crippen LogP contribution in [-0.2, 0) is 17.4 Å². The molecule has 0 amide bonds. The molecule has 204 valence electrons. The number of hydrogen-bond donors (Lipinski definition) is 0. The average molecular weight is 535 g/mol. The van der Waals surface area contributed by atoms with Crippen molar-refractivity contribution in [3.05, 3.63) is 102 Å². The predicted octanol–water partition coefficient (Wildman–Crippen LogP) is 7.37. The number of nitrogens with zero attached hydrogens (tertiary/aromatic N) is 2. The quantitative estimate of drug-likeness (QED) is 0.286. The summed E-state index contributed by atoms with van der Waals surface area (Å²) in [6.45, 7) is 3.63. The predicted molar refractivity (Wildman–Crippen MR) is 157 cm³/mol. The van der Waals surface area contributed by atoms with Gasteiger partial charge in [-0.2, -0.15) is 0 Å². The largest absolute Gasteiger partial charge is 0.303 e. The molecule has 38 heavy (non-hydrogen) atoms. The molecule has 3 aromatic rings. The van der Waals surface area contributed by atoms with Crippen LogP contribution in [0.2, 0.25) is 0 Å². The minimum Gasteiger partial charge on any atom is -0.303 e. The van der Waals surface area contributed by atoms with Gasteiger partial charge in [0, 0.05) is 19.6 Å². The van der Waals surface area contributed by atoms with Gasteiger partial charge in [0.1, 0.15) is 16.8 Å². The summed E-state index contributed by atoms with van der Waals surface area (Å²) in [6.07, 6.45) is 9.71. The minimum atomic E-state index is -1.06. The first-order valence-electron chi connectivity index (χ1n) is 14.2. The van der Waals surface area contributed by atoms with Crippen LogP contribution in [0.5, 0.6) is 0 Å². The van der Waals surface area contributed by atoms with Crippen LogP contribution in [0.3, 0.4) is 0 Å². The Morgan fingerprint density at radius 3 is 2.05 bits per heavy atom. The standard InChI is InChI=1S/C27H37FN2OS.C6H6/c1-29(32(31)27-8-3-2-4-9-27)26-15-12-24(20-26)21-30-18-16-23(17-19-30)7-5-6-22-10-13-25(28)14-11-22;1-2-4-6-5-3-1/h2-4,8-11,13-14,23-24,26H,5-7,12,15-21H2,1H3;1-6H. The zero-order valence-electron chi connectivity index (χ0n) is 22.8. The fourth-order valence-corrected chi connectivity index (χ4v) is 7.02. The first-order chi connectivity index (χ1) is 18.6. The molecule has 3 nitrogen and oxygen atoms in total. The van der Waals surface area contributed by atoms with Crippen LogP contribution in [0.25, 0.3) is 0 Å². The van der Waals surface area contributed by atoms with E-state index in [0.717, 1.165) is 36.0 Å². The Balaban J connectivity index is 0.000000494. The minimum absolute atomic E-state index is 0.147. The van der Waals surface area contributed by atoms with Crippen molar-refractivity contribution in [2.45, 2.75) is 62.3 Å². The molecular weight excluding hydrogens is 491 g/mol. The normalized spacial score (nSPS) is 21.1. The molecule has 1 saturated carbocycles. The summed E-state index contributed by atoms with van der Waals surface area (Å²) in [5.74, 6) is 1.42. The molecule has 2 aliphatic rings. The summed E-state index contributed by atoms with van der Waals surface area (Å²) in [4.78, 5) is 3.57. The lowest BCUT2D eigenvalue weighted by Crippen LogP contribution is -2.37. The Morgan fingerprint density at radius 1 is 0.816 bits per heavy atom. The van der Waals surface area contributed by atoms with Crippen molar-refractivity contribution >= 4 is 11.0 Å². The van der Waals surface area contributed by atoms with Crippen LogP contribution < -0.4 is 0 Å². The van der Waals surface area contributed by atoms with Gasteiger partial charge in [-0.15, -0.1) is 0 Å². The van der Waals surface area contributed by atoms with E-state index in [4.69, 9.17) is 0 Å². The summed E-state index contributed by atoms with van der Waals surface area (Å²) in [7, 11) is 0.960. The van der Waals surface area contributed by atoms with Gasteiger partial charge in [0.15, 0.2) is 0 Å². The van der Waals surface area contributed by atoms with Gasteiger partial charge >= 0.3 is 0 Å². The van der Waals surface area contributed by atoms with E-state index in [9.17, 15) is 8.60 Å². The third-order valence-electron chi connectivity index (χ3n) is 8.12. The molecule has 5 rings (SSSR count). The van der Waals surface area contributed by atoms with Crippen molar-refractivity contribution in [3.8, 4) is 0 Å². The molecule has 2 fully saturated rings. The van der Waals surface area contributed by atoms with Gasteiger partial charge in [0.05, 0.1) is 4.90 Å². The van der Waals surface area contributed by atoms with Gasteiger partial charge < -0.3 is 4.90 Å². The molecule has 1 saturated heterocycles. The molecule has 1 aliphatic carbocycles. The van der Waals surface area contributed by atoms with Gasteiger partial charge in [0.25, 0.3) is 0 Å². The molecule has 0 bridgehead atoms. The number of aryl methyl sites for hydroxylation is 1. The van der Waals surface area contributed by atoms with Gasteiger partial charge in [0.2, 0.25) is 0 Å². The molecule has 0 N–H and O–H groups in total. The van der Waals surface area contributed by atoms with Crippen LogP contribution >= 0.6 is 0 Å². The lowest BCUT2D eigenvalue weighted by Gasteiger charge is -2.33. The third kappa shape index (κ3) is 9.14. The molecule has 0 aromatic heterocycles. The molecule has 1 heterocycles. The number of piperidine rings is 1. The van der Waals surface area contributed by atoms with E-state index in [1.807, 2.05) is 85.9 Å². The first-order valence-corrected chi connectivity index (χ1v) is 15.4. The lowest BCUT2D eigenvalue weighted by atomic mass is 9.90. The number of benzene rings is 3. The van der Waals surface area contributed by atoms with Crippen molar-refractivity contribution in [3.63, 3.8) is 0 Å². The highest BCUT2D eigenvalue weighted by molar-refractivity contribution is 7.82. The summed E-state index contributed by atoms with van der Waals surface area (Å²) < 4.78 is 28.0. The van der Waals surface area contributed by atoms with E-state index >= 15 is 0 Å². The third-order valence-corrected chi connectivity index (χ3v) is 9.61. The number of hydrogen-bond acceptors (Lipinski definition) is 2. The molecule has 5 heteroatoms. The van der Waals surface area contributed by atoms with Crippen LogP contribution in [-0.4, -0.2) is 46.1 Å². The number of likely N-dealkylation sites (tertiary alicyclic amines) is 1. The molecule has 0 spiro atoms. The summed E-state index contributed by atoms with van der Waals surface area (Å²) >= 11 is 0. The molecule has 3 atom stereocenters. The fourth-order valence-electron chi connectivity index (χ4n) is 5.84. The zero-order chi connectivity index (χ0) is 26.6. The summed E-state index contributed by atoms with van der Waals surface area (Å²) in [5.41, 5.74) is 1.25. The van der Waals surface area contributed by atoms with Crippen molar-refractivity contribution in [1.82, 2.24) is 9.21 Å². The smallest absolute Gasteiger partial charge is 0.127 e. The summed E-state index contributed by atoms with van der Waals surface area (Å²) in [5, 5.41) is 0. The Kier molecular flexibility index (Phi) is 11.5. The highest BCUT2D eigenvalue weighted by atomic mass is 32.2. The maximum Gasteiger partial charge on any atom is 0.127 e. The monoisotopic (exact) mass is 534 g/mol. The maximum atomic E-state index is 13.0. The van der Waals surface area contributed by atoms with E-state index in [2.05, 4.69) is 9.21 Å². The second-order valence-electron chi connectivity index (χ2n) is 10.9. The second kappa shape index (κ2) is 15.3. The highest BCUT2D eigenvalue weighted by Crippen LogP contribution is 2.32. The zero-order valence-corrected chi connectivity index (χ0v) is 23.6. The Hall–Kier alpha value is -2.34. The topological polar surface area (TPSA) is 23.6 Å². The highest BCUT2D eigenvalue weighted by Gasteiger charge is 2.32. The molecule has 1 aliphatic heterocycles. The van der Waals surface area contributed by atoms with Crippen LogP contribution in [0, 0.1) is 17.7 Å².